The van der Waals surface area contributed by atoms with Crippen molar-refractivity contribution < 1.29 is 0 Å². The fourth-order valence-corrected chi connectivity index (χ4v) is 5.06. The Hall–Kier alpha value is -3.83. The van der Waals surface area contributed by atoms with Crippen molar-refractivity contribution in [1.29, 1.82) is 0 Å². The van der Waals surface area contributed by atoms with Gasteiger partial charge in [0.1, 0.15) is 0 Å². The molecule has 33 heavy (non-hydrogen) atoms. The largest absolute Gasteiger partial charge is 0.343 e. The van der Waals surface area contributed by atoms with Crippen molar-refractivity contribution in [2.75, 3.05) is 6.26 Å². The third-order valence-electron chi connectivity index (χ3n) is 5.94. The molecule has 0 aliphatic heterocycles. The van der Waals surface area contributed by atoms with E-state index in [9.17, 15) is 9.59 Å². The molecule has 0 radical (unpaired) electrons. The van der Waals surface area contributed by atoms with Crippen molar-refractivity contribution in [3.8, 4) is 0 Å². The first-order valence-corrected chi connectivity index (χ1v) is 11.8. The van der Waals surface area contributed by atoms with Crippen LogP contribution in [0.2, 0.25) is 0 Å². The Bertz CT molecular complexity index is 1650. The number of aryl methyl sites for hydroxylation is 1. The summed E-state index contributed by atoms with van der Waals surface area (Å²) in [5, 5.41) is 3.12. The van der Waals surface area contributed by atoms with Crippen molar-refractivity contribution >= 4 is 55.6 Å². The van der Waals surface area contributed by atoms with Crippen LogP contribution in [0.1, 0.15) is 0 Å². The summed E-state index contributed by atoms with van der Waals surface area (Å²) >= 11 is 1.61. The minimum Gasteiger partial charge on any atom is -0.343 e. The molecule has 0 bridgehead atoms. The van der Waals surface area contributed by atoms with Crippen LogP contribution in [-0.4, -0.2) is 14.8 Å². The second kappa shape index (κ2) is 8.60. The van der Waals surface area contributed by atoms with Crippen LogP contribution >= 0.6 is 11.9 Å². The highest BCUT2D eigenvalue weighted by Gasteiger charge is 2.09. The summed E-state index contributed by atoms with van der Waals surface area (Å²) in [5.74, 6) is 0. The van der Waals surface area contributed by atoms with Crippen molar-refractivity contribution in [2.24, 2.45) is 7.05 Å². The highest BCUT2D eigenvalue weighted by Crippen LogP contribution is 2.22. The minimum atomic E-state index is 0.113. The van der Waals surface area contributed by atoms with Crippen LogP contribution in [0, 0.1) is 0 Å². The second-order valence-electron chi connectivity index (χ2n) is 7.76. The van der Waals surface area contributed by atoms with Gasteiger partial charge in [0.15, 0.2) is 10.9 Å². The van der Waals surface area contributed by atoms with E-state index in [1.807, 2.05) is 110 Å². The van der Waals surface area contributed by atoms with Crippen LogP contribution in [0.4, 0.5) is 0 Å². The molecular formula is C28H22N2O2S. The van der Waals surface area contributed by atoms with Gasteiger partial charge >= 0.3 is 0 Å². The molecule has 0 amide bonds. The maximum Gasteiger partial charge on any atom is 0.197 e. The Labute approximate surface area is 194 Å². The lowest BCUT2D eigenvalue weighted by atomic mass is 10.1. The molecule has 0 N–H and O–H groups in total. The lowest BCUT2D eigenvalue weighted by molar-refractivity contribution is 1.00. The molecule has 0 unspecified atom stereocenters. The summed E-state index contributed by atoms with van der Waals surface area (Å²) in [4.78, 5) is 24.6. The highest BCUT2D eigenvalue weighted by molar-refractivity contribution is 7.97. The molecule has 6 rings (SSSR count). The average Bonchev–Trinajstić information content (AvgIpc) is 2.88. The minimum absolute atomic E-state index is 0.113. The molecule has 4 aromatic carbocycles. The predicted octanol–water partition coefficient (Wildman–Crippen LogP) is 5.97. The van der Waals surface area contributed by atoms with E-state index in [1.54, 1.807) is 11.9 Å². The van der Waals surface area contributed by atoms with Gasteiger partial charge in [-0.15, -0.1) is 0 Å². The van der Waals surface area contributed by atoms with Gasteiger partial charge in [0.05, 0.1) is 22.1 Å². The first-order valence-electron chi connectivity index (χ1n) is 10.7. The zero-order chi connectivity index (χ0) is 22.9. The van der Waals surface area contributed by atoms with Crippen molar-refractivity contribution in [1.82, 2.24) is 8.54 Å². The van der Waals surface area contributed by atoms with Crippen molar-refractivity contribution in [3.05, 3.63) is 118 Å². The summed E-state index contributed by atoms with van der Waals surface area (Å²) in [5.41, 5.74) is 4.13. The number of hydrogen-bond donors (Lipinski definition) is 0. The number of fused-ring (bicyclic) bond motifs is 4. The van der Waals surface area contributed by atoms with Crippen LogP contribution in [0.15, 0.2) is 107 Å². The van der Waals surface area contributed by atoms with Gasteiger partial charge < -0.3 is 4.57 Å². The first-order chi connectivity index (χ1) is 16.1. The third-order valence-corrected chi connectivity index (χ3v) is 6.70. The van der Waals surface area contributed by atoms with Crippen LogP contribution in [0.25, 0.3) is 43.6 Å². The number of rotatable bonds is 1. The van der Waals surface area contributed by atoms with Crippen LogP contribution in [-0.2, 0) is 7.05 Å². The number of aromatic nitrogens is 2. The van der Waals surface area contributed by atoms with E-state index in [1.165, 1.54) is 0 Å². The van der Waals surface area contributed by atoms with Crippen LogP contribution in [0.5, 0.6) is 0 Å². The van der Waals surface area contributed by atoms with Crippen molar-refractivity contribution in [2.45, 2.75) is 0 Å². The highest BCUT2D eigenvalue weighted by atomic mass is 32.2. The van der Waals surface area contributed by atoms with Gasteiger partial charge in [-0.1, -0.05) is 48.5 Å². The van der Waals surface area contributed by atoms with Gasteiger partial charge in [-0.2, -0.15) is 0 Å². The number of para-hydroxylation sites is 4. The summed E-state index contributed by atoms with van der Waals surface area (Å²) in [7, 11) is 1.99. The van der Waals surface area contributed by atoms with Crippen LogP contribution < -0.4 is 10.9 Å². The summed E-state index contributed by atoms with van der Waals surface area (Å²) < 4.78 is 4.16. The number of benzene rings is 4. The molecule has 0 aliphatic carbocycles. The molecule has 5 heteroatoms. The molecule has 6 aromatic rings. The van der Waals surface area contributed by atoms with Crippen molar-refractivity contribution in [3.63, 3.8) is 0 Å². The maximum absolute atomic E-state index is 12.3. The molecule has 0 fully saturated rings. The van der Waals surface area contributed by atoms with Gasteiger partial charge in [0, 0.05) is 34.8 Å². The zero-order valence-electron chi connectivity index (χ0n) is 18.4. The summed E-state index contributed by atoms with van der Waals surface area (Å²) in [6, 6.07) is 30.9. The molecule has 162 valence electrons. The maximum atomic E-state index is 12.3. The zero-order valence-corrected chi connectivity index (χ0v) is 19.2. The normalized spacial score (nSPS) is 11.1. The lowest BCUT2D eigenvalue weighted by Gasteiger charge is -2.11. The van der Waals surface area contributed by atoms with E-state index in [4.69, 9.17) is 0 Å². The van der Waals surface area contributed by atoms with E-state index in [0.29, 0.717) is 0 Å². The molecular weight excluding hydrogens is 428 g/mol. The van der Waals surface area contributed by atoms with Gasteiger partial charge in [0.2, 0.25) is 0 Å². The molecule has 2 aromatic heterocycles. The van der Waals surface area contributed by atoms with Gasteiger partial charge in [-0.3, -0.25) is 13.6 Å². The van der Waals surface area contributed by atoms with E-state index in [0.717, 1.165) is 43.6 Å². The monoisotopic (exact) mass is 450 g/mol. The van der Waals surface area contributed by atoms with E-state index in [-0.39, 0.29) is 10.9 Å². The molecule has 0 atom stereocenters. The quantitative estimate of drug-likeness (QED) is 0.290. The average molecular weight is 451 g/mol. The molecule has 0 saturated heterocycles. The Balaban J connectivity index is 0.000000139. The number of nitrogens with zero attached hydrogens (tertiary/aromatic N) is 2. The van der Waals surface area contributed by atoms with Gasteiger partial charge in [-0.05, 0) is 60.5 Å². The Morgan fingerprint density at radius 2 is 0.818 bits per heavy atom. The molecule has 0 spiro atoms. The SMILES string of the molecule is CSn1c2ccccc2c(=O)c2ccccc21.Cn1c2ccccc2c(=O)c2ccccc21. The molecule has 4 nitrogen and oxygen atoms in total. The van der Waals surface area contributed by atoms with Crippen LogP contribution in [0.3, 0.4) is 0 Å². The molecule has 2 heterocycles. The third kappa shape index (κ3) is 3.51. The lowest BCUT2D eigenvalue weighted by Crippen LogP contribution is -2.08. The second-order valence-corrected chi connectivity index (χ2v) is 8.49. The fraction of sp³-hybridized carbons (Fsp3) is 0.0714. The molecule has 0 aliphatic rings. The van der Waals surface area contributed by atoms with E-state index < -0.39 is 0 Å². The standard InChI is InChI=1S/C14H11NOS.C14H11NO/c1-17-15-12-8-4-2-6-10(12)14(16)11-7-3-5-9-13(11)15;1-15-12-8-4-2-6-10(12)14(16)11-7-3-5-9-13(11)15/h2-9H,1H3;2-9H,1H3. The van der Waals surface area contributed by atoms with E-state index >= 15 is 0 Å². The summed E-state index contributed by atoms with van der Waals surface area (Å²) in [6.45, 7) is 0. The smallest absolute Gasteiger partial charge is 0.197 e. The van der Waals surface area contributed by atoms with E-state index in [2.05, 4.69) is 8.54 Å². The first kappa shape index (κ1) is 21.0. The van der Waals surface area contributed by atoms with Gasteiger partial charge in [-0.25, -0.2) is 0 Å². The topological polar surface area (TPSA) is 44.0 Å². The number of hydrogen-bond acceptors (Lipinski definition) is 3. The van der Waals surface area contributed by atoms with Gasteiger partial charge in [0.25, 0.3) is 0 Å². The number of pyridine rings is 2. The Morgan fingerprint density at radius 1 is 0.515 bits per heavy atom. The Morgan fingerprint density at radius 3 is 1.18 bits per heavy atom. The fourth-order valence-electron chi connectivity index (χ4n) is 4.35. The Kier molecular flexibility index (Phi) is 5.48. The summed E-state index contributed by atoms with van der Waals surface area (Å²) in [6.07, 6.45) is 2.02. The predicted molar refractivity (Wildman–Crippen MR) is 141 cm³/mol. The molecule has 0 saturated carbocycles.